The molecule has 17 heavy (non-hydrogen) atoms. The van der Waals surface area contributed by atoms with Crippen LogP contribution in [0.2, 0.25) is 5.02 Å². The number of fused-ring (bicyclic) bond motifs is 1. The van der Waals surface area contributed by atoms with Gasteiger partial charge in [-0.15, -0.1) is 0 Å². The zero-order chi connectivity index (χ0) is 12.6. The van der Waals surface area contributed by atoms with Gasteiger partial charge in [-0.2, -0.15) is 0 Å². The highest BCUT2D eigenvalue weighted by atomic mass is 35.5. The Kier molecular flexibility index (Phi) is 2.90. The Morgan fingerprint density at radius 1 is 1.41 bits per heavy atom. The van der Waals surface area contributed by atoms with Crippen LogP contribution in [0.4, 0.5) is 5.82 Å². The van der Waals surface area contributed by atoms with Gasteiger partial charge in [-0.3, -0.25) is 0 Å². The van der Waals surface area contributed by atoms with Gasteiger partial charge in [-0.25, -0.2) is 9.78 Å². The SMILES string of the molecule is COC(=O)c1cc2cc(C)c(N)nc2cc1Cl. The predicted octanol–water partition coefficient (Wildman–Crippen LogP) is 2.57. The number of nitrogens with zero attached hydrogens (tertiary/aromatic N) is 1. The van der Waals surface area contributed by atoms with Gasteiger partial charge in [-0.1, -0.05) is 11.6 Å². The van der Waals surface area contributed by atoms with Gasteiger partial charge in [0.05, 0.1) is 23.2 Å². The minimum Gasteiger partial charge on any atom is -0.465 e. The average Bonchev–Trinajstić information content (AvgIpc) is 2.30. The minimum atomic E-state index is -0.466. The second-order valence-electron chi connectivity index (χ2n) is 3.71. The van der Waals surface area contributed by atoms with E-state index in [9.17, 15) is 4.79 Å². The summed E-state index contributed by atoms with van der Waals surface area (Å²) in [6.07, 6.45) is 0. The minimum absolute atomic E-state index is 0.306. The fraction of sp³-hybridized carbons (Fsp3) is 0.167. The third-order valence-electron chi connectivity index (χ3n) is 2.54. The van der Waals surface area contributed by atoms with E-state index < -0.39 is 5.97 Å². The zero-order valence-electron chi connectivity index (χ0n) is 9.45. The van der Waals surface area contributed by atoms with E-state index in [-0.39, 0.29) is 0 Å². The molecule has 0 aliphatic heterocycles. The summed E-state index contributed by atoms with van der Waals surface area (Å²) in [5, 5.41) is 1.11. The molecule has 0 unspecified atom stereocenters. The zero-order valence-corrected chi connectivity index (χ0v) is 10.2. The number of methoxy groups -OCH3 is 1. The molecule has 0 amide bonds. The van der Waals surface area contributed by atoms with Crippen LogP contribution in [0.1, 0.15) is 15.9 Å². The van der Waals surface area contributed by atoms with E-state index in [0.29, 0.717) is 21.9 Å². The van der Waals surface area contributed by atoms with E-state index >= 15 is 0 Å². The van der Waals surface area contributed by atoms with Crippen LogP contribution in [0.3, 0.4) is 0 Å². The smallest absolute Gasteiger partial charge is 0.339 e. The van der Waals surface area contributed by atoms with E-state index in [1.807, 2.05) is 13.0 Å². The summed E-state index contributed by atoms with van der Waals surface area (Å²) < 4.78 is 4.65. The van der Waals surface area contributed by atoms with Gasteiger partial charge in [-0.05, 0) is 30.7 Å². The van der Waals surface area contributed by atoms with Crippen molar-refractivity contribution < 1.29 is 9.53 Å². The van der Waals surface area contributed by atoms with Crippen LogP contribution in [0.15, 0.2) is 18.2 Å². The third kappa shape index (κ3) is 2.03. The lowest BCUT2D eigenvalue weighted by molar-refractivity contribution is 0.0601. The van der Waals surface area contributed by atoms with Gasteiger partial charge < -0.3 is 10.5 Å². The number of anilines is 1. The highest BCUT2D eigenvalue weighted by Crippen LogP contribution is 2.25. The summed E-state index contributed by atoms with van der Waals surface area (Å²) in [5.74, 6) is -0.00855. The van der Waals surface area contributed by atoms with Crippen molar-refractivity contribution >= 4 is 34.3 Å². The molecule has 0 fully saturated rings. The Balaban J connectivity index is 2.71. The van der Waals surface area contributed by atoms with Crippen molar-refractivity contribution in [3.63, 3.8) is 0 Å². The first-order valence-electron chi connectivity index (χ1n) is 4.97. The lowest BCUT2D eigenvalue weighted by Gasteiger charge is -2.06. The number of aryl methyl sites for hydroxylation is 1. The molecule has 0 saturated heterocycles. The molecule has 0 bridgehead atoms. The molecule has 0 spiro atoms. The van der Waals surface area contributed by atoms with Crippen molar-refractivity contribution in [2.45, 2.75) is 6.92 Å². The van der Waals surface area contributed by atoms with Crippen molar-refractivity contribution in [1.82, 2.24) is 4.98 Å². The molecule has 1 aromatic carbocycles. The standard InChI is InChI=1S/C12H11ClN2O2/c1-6-3-7-4-8(12(16)17-2)9(13)5-10(7)15-11(6)14/h3-5H,1-2H3,(H2,14,15). The third-order valence-corrected chi connectivity index (χ3v) is 2.85. The maximum Gasteiger partial charge on any atom is 0.339 e. The van der Waals surface area contributed by atoms with E-state index in [0.717, 1.165) is 10.9 Å². The summed E-state index contributed by atoms with van der Waals surface area (Å²) in [4.78, 5) is 15.7. The van der Waals surface area contributed by atoms with Gasteiger partial charge >= 0.3 is 5.97 Å². The molecule has 0 atom stereocenters. The lowest BCUT2D eigenvalue weighted by atomic mass is 10.1. The van der Waals surface area contributed by atoms with Crippen LogP contribution in [0.5, 0.6) is 0 Å². The second kappa shape index (κ2) is 4.22. The normalized spacial score (nSPS) is 10.5. The maximum atomic E-state index is 11.5. The van der Waals surface area contributed by atoms with E-state index in [1.54, 1.807) is 12.1 Å². The molecule has 88 valence electrons. The monoisotopic (exact) mass is 250 g/mol. The number of carbonyl (C=O) groups excluding carboxylic acids is 1. The molecule has 4 nitrogen and oxygen atoms in total. The largest absolute Gasteiger partial charge is 0.465 e. The fourth-order valence-electron chi connectivity index (χ4n) is 1.58. The number of hydrogen-bond donors (Lipinski definition) is 1. The molecule has 0 radical (unpaired) electrons. The molecule has 5 heteroatoms. The first kappa shape index (κ1) is 11.7. The Hall–Kier alpha value is -1.81. The topological polar surface area (TPSA) is 65.2 Å². The van der Waals surface area contributed by atoms with Gasteiger partial charge in [0.25, 0.3) is 0 Å². The van der Waals surface area contributed by atoms with E-state index in [1.165, 1.54) is 7.11 Å². The summed E-state index contributed by atoms with van der Waals surface area (Å²) in [6, 6.07) is 5.13. The number of halogens is 1. The van der Waals surface area contributed by atoms with Gasteiger partial charge in [0.1, 0.15) is 5.82 Å². The number of nitrogens with two attached hydrogens (primary N) is 1. The average molecular weight is 251 g/mol. The van der Waals surface area contributed by atoms with E-state index in [4.69, 9.17) is 17.3 Å². The number of hydrogen-bond acceptors (Lipinski definition) is 4. The quantitative estimate of drug-likeness (QED) is 0.790. The number of pyridine rings is 1. The molecule has 2 aromatic rings. The predicted molar refractivity (Wildman–Crippen MR) is 67.2 cm³/mol. The Labute approximate surface area is 103 Å². The Morgan fingerprint density at radius 3 is 2.76 bits per heavy atom. The highest BCUT2D eigenvalue weighted by Gasteiger charge is 2.13. The van der Waals surface area contributed by atoms with Crippen LogP contribution in [-0.2, 0) is 4.74 Å². The first-order valence-corrected chi connectivity index (χ1v) is 5.35. The molecule has 0 aliphatic rings. The van der Waals surface area contributed by atoms with E-state index in [2.05, 4.69) is 9.72 Å². The first-order chi connectivity index (χ1) is 8.02. The van der Waals surface area contributed by atoms with Crippen molar-refractivity contribution in [2.24, 2.45) is 0 Å². The number of ether oxygens (including phenoxy) is 1. The highest BCUT2D eigenvalue weighted by molar-refractivity contribution is 6.34. The van der Waals surface area contributed by atoms with Crippen molar-refractivity contribution in [3.05, 3.63) is 34.3 Å². The maximum absolute atomic E-state index is 11.5. The van der Waals surface area contributed by atoms with Crippen molar-refractivity contribution in [1.29, 1.82) is 0 Å². The lowest BCUT2D eigenvalue weighted by Crippen LogP contribution is -2.03. The van der Waals surface area contributed by atoms with Crippen molar-refractivity contribution in [3.8, 4) is 0 Å². The van der Waals surface area contributed by atoms with Crippen LogP contribution < -0.4 is 5.73 Å². The van der Waals surface area contributed by atoms with Crippen LogP contribution >= 0.6 is 11.6 Å². The summed E-state index contributed by atoms with van der Waals surface area (Å²) in [6.45, 7) is 1.86. The van der Waals surface area contributed by atoms with Crippen LogP contribution in [0, 0.1) is 6.92 Å². The fourth-order valence-corrected chi connectivity index (χ4v) is 1.82. The summed E-state index contributed by atoms with van der Waals surface area (Å²) in [5.41, 5.74) is 7.56. The molecule has 0 saturated carbocycles. The van der Waals surface area contributed by atoms with Gasteiger partial charge in [0.2, 0.25) is 0 Å². The van der Waals surface area contributed by atoms with Gasteiger partial charge in [0.15, 0.2) is 0 Å². The number of nitrogen functional groups attached to an aromatic ring is 1. The number of rotatable bonds is 1. The second-order valence-corrected chi connectivity index (χ2v) is 4.11. The number of esters is 1. The number of aromatic nitrogens is 1. The van der Waals surface area contributed by atoms with Crippen molar-refractivity contribution in [2.75, 3.05) is 12.8 Å². The van der Waals surface area contributed by atoms with Gasteiger partial charge in [0, 0.05) is 5.39 Å². The Morgan fingerprint density at radius 2 is 2.12 bits per heavy atom. The summed E-state index contributed by atoms with van der Waals surface area (Å²) in [7, 11) is 1.31. The molecular weight excluding hydrogens is 240 g/mol. The van der Waals surface area contributed by atoms with Crippen LogP contribution in [-0.4, -0.2) is 18.1 Å². The van der Waals surface area contributed by atoms with Crippen LogP contribution in [0.25, 0.3) is 10.9 Å². The Bertz CT molecular complexity index is 611. The molecule has 1 heterocycles. The molecule has 1 aromatic heterocycles. The molecule has 0 aliphatic carbocycles. The molecule has 2 rings (SSSR count). The number of carbonyl (C=O) groups is 1. The number of benzene rings is 1. The molecule has 2 N–H and O–H groups in total. The summed E-state index contributed by atoms with van der Waals surface area (Å²) >= 11 is 5.99. The molecular formula is C12H11ClN2O2.